The Balaban J connectivity index is 2.19. The Morgan fingerprint density at radius 2 is 1.84 bits per heavy atom. The van der Waals surface area contributed by atoms with Crippen molar-refractivity contribution in [2.75, 3.05) is 18.4 Å². The number of carbonyl (C=O) groups excluding carboxylic acids is 2. The second-order valence-corrected chi connectivity index (χ2v) is 9.08. The molecule has 0 aromatic heterocycles. The fourth-order valence-corrected chi connectivity index (χ4v) is 4.46. The summed E-state index contributed by atoms with van der Waals surface area (Å²) in [6, 6.07) is 8.58. The molecule has 0 spiro atoms. The van der Waals surface area contributed by atoms with Crippen LogP contribution in [0, 0.1) is 6.92 Å². The lowest BCUT2D eigenvalue weighted by Gasteiger charge is -2.19. The van der Waals surface area contributed by atoms with Gasteiger partial charge < -0.3 is 15.2 Å². The van der Waals surface area contributed by atoms with Crippen molar-refractivity contribution in [1.29, 1.82) is 0 Å². The maximum Gasteiger partial charge on any atom is 0.342 e. The zero-order valence-corrected chi connectivity index (χ0v) is 19.2. The number of carbonyl (C=O) groups is 2. The summed E-state index contributed by atoms with van der Waals surface area (Å²) in [5, 5.41) is 12.6. The molecule has 168 valence electrons. The van der Waals surface area contributed by atoms with Crippen LogP contribution in [-0.4, -0.2) is 48.9 Å². The van der Waals surface area contributed by atoms with Crippen LogP contribution in [0.4, 0.5) is 5.69 Å². The Labute approximate surface area is 186 Å². The molecule has 0 saturated heterocycles. The number of nitrogens with zero attached hydrogens (tertiary/aromatic N) is 1. The van der Waals surface area contributed by atoms with Gasteiger partial charge in [-0.3, -0.25) is 4.79 Å². The van der Waals surface area contributed by atoms with E-state index < -0.39 is 28.0 Å². The SMILES string of the molecule is CCN(CC)S(=O)(=O)c1ccc(Cl)c(NC(=O)C(C)OC(=O)c2cccc(C)c2O)c1. The van der Waals surface area contributed by atoms with E-state index >= 15 is 0 Å². The molecule has 0 aliphatic rings. The number of hydrogen-bond donors (Lipinski definition) is 2. The molecule has 0 aliphatic heterocycles. The van der Waals surface area contributed by atoms with Gasteiger partial charge in [0, 0.05) is 13.1 Å². The number of sulfonamides is 1. The molecule has 10 heteroatoms. The van der Waals surface area contributed by atoms with Gasteiger partial charge in [0.15, 0.2) is 6.10 Å². The van der Waals surface area contributed by atoms with Gasteiger partial charge in [-0.2, -0.15) is 4.31 Å². The summed E-state index contributed by atoms with van der Waals surface area (Å²) < 4.78 is 31.8. The van der Waals surface area contributed by atoms with E-state index in [-0.39, 0.29) is 26.9 Å². The van der Waals surface area contributed by atoms with Crippen molar-refractivity contribution in [3.05, 3.63) is 52.5 Å². The number of rotatable bonds is 8. The van der Waals surface area contributed by atoms with Crippen LogP contribution >= 0.6 is 11.6 Å². The van der Waals surface area contributed by atoms with Crippen LogP contribution < -0.4 is 5.32 Å². The maximum atomic E-state index is 12.7. The molecule has 2 aromatic rings. The van der Waals surface area contributed by atoms with Gasteiger partial charge in [0.1, 0.15) is 11.3 Å². The lowest BCUT2D eigenvalue weighted by atomic mass is 10.1. The third kappa shape index (κ3) is 5.55. The molecule has 0 fully saturated rings. The molecule has 1 unspecified atom stereocenters. The third-order valence-electron chi connectivity index (χ3n) is 4.65. The van der Waals surface area contributed by atoms with Crippen LogP contribution in [0.1, 0.15) is 36.7 Å². The summed E-state index contributed by atoms with van der Waals surface area (Å²) in [4.78, 5) is 24.8. The Hall–Kier alpha value is -2.62. The molecule has 1 atom stereocenters. The second-order valence-electron chi connectivity index (χ2n) is 6.74. The van der Waals surface area contributed by atoms with E-state index in [1.165, 1.54) is 35.5 Å². The Kier molecular flexibility index (Phi) is 8.05. The zero-order chi connectivity index (χ0) is 23.3. The fraction of sp³-hybridized carbons (Fsp3) is 0.333. The monoisotopic (exact) mass is 468 g/mol. The second kappa shape index (κ2) is 10.1. The standard InChI is InChI=1S/C21H25ClN2O6S/c1-5-24(6-2)31(28,29)15-10-11-17(22)18(12-15)23-20(26)14(4)30-21(27)16-9-7-8-13(3)19(16)25/h7-12,14,25H,5-6H2,1-4H3,(H,23,26). The van der Waals surface area contributed by atoms with Crippen molar-refractivity contribution < 1.29 is 27.9 Å². The number of nitrogens with one attached hydrogen (secondary N) is 1. The lowest BCUT2D eigenvalue weighted by molar-refractivity contribution is -0.123. The Morgan fingerprint density at radius 1 is 1.19 bits per heavy atom. The molecule has 1 amide bonds. The van der Waals surface area contributed by atoms with Crippen LogP contribution in [0.25, 0.3) is 0 Å². The van der Waals surface area contributed by atoms with Gasteiger partial charge in [0.25, 0.3) is 5.91 Å². The number of phenolic OH excluding ortho intramolecular Hbond substituents is 1. The quantitative estimate of drug-likeness (QED) is 0.572. The molecule has 31 heavy (non-hydrogen) atoms. The minimum atomic E-state index is -3.75. The van der Waals surface area contributed by atoms with Crippen molar-refractivity contribution in [3.8, 4) is 5.75 Å². The first kappa shape index (κ1) is 24.6. The molecule has 2 aromatic carbocycles. The molecule has 0 heterocycles. The average molecular weight is 469 g/mol. The van der Waals surface area contributed by atoms with E-state index in [0.29, 0.717) is 18.7 Å². The van der Waals surface area contributed by atoms with Crippen molar-refractivity contribution in [1.82, 2.24) is 4.31 Å². The number of benzene rings is 2. The predicted octanol–water partition coefficient (Wildman–Crippen LogP) is 3.57. The van der Waals surface area contributed by atoms with E-state index in [1.807, 2.05) is 0 Å². The lowest BCUT2D eigenvalue weighted by Crippen LogP contribution is -2.31. The van der Waals surface area contributed by atoms with E-state index in [4.69, 9.17) is 16.3 Å². The van der Waals surface area contributed by atoms with Gasteiger partial charge >= 0.3 is 5.97 Å². The molecule has 0 saturated carbocycles. The van der Waals surface area contributed by atoms with Crippen LogP contribution in [0.3, 0.4) is 0 Å². The summed E-state index contributed by atoms with van der Waals surface area (Å²) in [5.41, 5.74) is 0.496. The molecule has 0 bridgehead atoms. The predicted molar refractivity (Wildman–Crippen MR) is 118 cm³/mol. The van der Waals surface area contributed by atoms with Crippen molar-refractivity contribution >= 4 is 39.2 Å². The number of hydrogen-bond acceptors (Lipinski definition) is 6. The number of esters is 1. The van der Waals surface area contributed by atoms with Crippen LogP contribution in [0.2, 0.25) is 5.02 Å². The maximum absolute atomic E-state index is 12.7. The van der Waals surface area contributed by atoms with Crippen molar-refractivity contribution in [3.63, 3.8) is 0 Å². The zero-order valence-electron chi connectivity index (χ0n) is 17.7. The van der Waals surface area contributed by atoms with E-state index in [1.54, 1.807) is 32.9 Å². The number of amides is 1. The number of aryl methyl sites for hydroxylation is 1. The highest BCUT2D eigenvalue weighted by Crippen LogP contribution is 2.28. The van der Waals surface area contributed by atoms with Crippen molar-refractivity contribution in [2.45, 2.75) is 38.7 Å². The minimum absolute atomic E-state index is 0.0229. The van der Waals surface area contributed by atoms with Gasteiger partial charge in [-0.15, -0.1) is 0 Å². The molecule has 0 radical (unpaired) electrons. The van der Waals surface area contributed by atoms with Gasteiger partial charge in [0.2, 0.25) is 10.0 Å². The third-order valence-corrected chi connectivity index (χ3v) is 7.03. The van der Waals surface area contributed by atoms with Gasteiger partial charge in [-0.05, 0) is 43.7 Å². The Morgan fingerprint density at radius 3 is 2.45 bits per heavy atom. The van der Waals surface area contributed by atoms with Crippen LogP contribution in [0.5, 0.6) is 5.75 Å². The van der Waals surface area contributed by atoms with E-state index in [9.17, 15) is 23.1 Å². The summed E-state index contributed by atoms with van der Waals surface area (Å²) in [7, 11) is -3.75. The normalized spacial score (nSPS) is 12.5. The smallest absolute Gasteiger partial charge is 0.342 e. The number of halogens is 1. The summed E-state index contributed by atoms with van der Waals surface area (Å²) in [5.74, 6) is -1.80. The van der Waals surface area contributed by atoms with Gasteiger partial charge in [-0.25, -0.2) is 13.2 Å². The first-order valence-corrected chi connectivity index (χ1v) is 11.4. The minimum Gasteiger partial charge on any atom is -0.507 e. The highest BCUT2D eigenvalue weighted by molar-refractivity contribution is 7.89. The van der Waals surface area contributed by atoms with E-state index in [0.717, 1.165) is 0 Å². The highest BCUT2D eigenvalue weighted by atomic mass is 35.5. The highest BCUT2D eigenvalue weighted by Gasteiger charge is 2.25. The summed E-state index contributed by atoms with van der Waals surface area (Å²) in [6.45, 7) is 7.02. The number of anilines is 1. The molecule has 8 nitrogen and oxygen atoms in total. The fourth-order valence-electron chi connectivity index (χ4n) is 2.81. The summed E-state index contributed by atoms with van der Waals surface area (Å²) >= 11 is 6.12. The van der Waals surface area contributed by atoms with E-state index in [2.05, 4.69) is 5.32 Å². The topological polar surface area (TPSA) is 113 Å². The number of aromatic hydroxyl groups is 1. The number of para-hydroxylation sites is 1. The first-order valence-electron chi connectivity index (χ1n) is 9.63. The summed E-state index contributed by atoms with van der Waals surface area (Å²) in [6.07, 6.45) is -1.23. The molecule has 2 rings (SSSR count). The van der Waals surface area contributed by atoms with Crippen LogP contribution in [0.15, 0.2) is 41.3 Å². The molecule has 2 N–H and O–H groups in total. The first-order chi connectivity index (χ1) is 14.5. The number of ether oxygens (including phenoxy) is 1. The largest absolute Gasteiger partial charge is 0.507 e. The van der Waals surface area contributed by atoms with Crippen molar-refractivity contribution in [2.24, 2.45) is 0 Å². The molecular weight excluding hydrogens is 444 g/mol. The number of phenols is 1. The average Bonchev–Trinajstić information content (AvgIpc) is 2.71. The van der Waals surface area contributed by atoms with Gasteiger partial charge in [-0.1, -0.05) is 37.6 Å². The van der Waals surface area contributed by atoms with Crippen LogP contribution in [-0.2, 0) is 19.6 Å². The molecule has 0 aliphatic carbocycles. The Bertz CT molecular complexity index is 1080. The molecular formula is C21H25ClN2O6S. The van der Waals surface area contributed by atoms with Gasteiger partial charge in [0.05, 0.1) is 15.6 Å².